The van der Waals surface area contributed by atoms with Gasteiger partial charge in [0, 0.05) is 31.5 Å². The Labute approximate surface area is 90.7 Å². The van der Waals surface area contributed by atoms with Crippen molar-refractivity contribution in [1.82, 2.24) is 20.2 Å². The predicted molar refractivity (Wildman–Crippen MR) is 59.7 cm³/mol. The maximum Gasteiger partial charge on any atom is 0.146 e. The van der Waals surface area contributed by atoms with Crippen LogP contribution in [0.1, 0.15) is 24.5 Å². The summed E-state index contributed by atoms with van der Waals surface area (Å²) >= 11 is 0. The van der Waals surface area contributed by atoms with Gasteiger partial charge in [0.25, 0.3) is 0 Å². The average Bonchev–Trinajstić information content (AvgIpc) is 2.30. The minimum Gasteiger partial charge on any atom is -0.313 e. The highest BCUT2D eigenvalue weighted by atomic mass is 15.2. The van der Waals surface area contributed by atoms with Crippen LogP contribution in [0.3, 0.4) is 0 Å². The Hall–Kier alpha value is -1.00. The largest absolute Gasteiger partial charge is 0.313 e. The van der Waals surface area contributed by atoms with Gasteiger partial charge in [0.1, 0.15) is 5.82 Å². The second kappa shape index (κ2) is 4.68. The number of hydrogen-bond acceptors (Lipinski definition) is 4. The molecule has 1 aliphatic rings. The standard InChI is InChI=1S/C11H18N4/c1-3-9-4-5-13-11(14-9)10-8-12-6-7-15(10)2/h4-5,10,12H,3,6-8H2,1-2H3. The van der Waals surface area contributed by atoms with Gasteiger partial charge in [0.15, 0.2) is 0 Å². The van der Waals surface area contributed by atoms with E-state index in [4.69, 9.17) is 0 Å². The Bertz CT molecular complexity index is 326. The Morgan fingerprint density at radius 1 is 1.60 bits per heavy atom. The molecule has 1 aromatic heterocycles. The van der Waals surface area contributed by atoms with E-state index in [1.54, 1.807) is 0 Å². The van der Waals surface area contributed by atoms with Crippen molar-refractivity contribution in [3.8, 4) is 0 Å². The van der Waals surface area contributed by atoms with E-state index in [1.165, 1.54) is 0 Å². The van der Waals surface area contributed by atoms with Crippen molar-refractivity contribution in [3.05, 3.63) is 23.8 Å². The molecule has 4 nitrogen and oxygen atoms in total. The molecule has 2 heterocycles. The van der Waals surface area contributed by atoms with Gasteiger partial charge >= 0.3 is 0 Å². The molecule has 1 N–H and O–H groups in total. The van der Waals surface area contributed by atoms with Gasteiger partial charge in [0.2, 0.25) is 0 Å². The molecule has 0 bridgehead atoms. The number of aryl methyl sites for hydroxylation is 1. The molecule has 2 rings (SSSR count). The monoisotopic (exact) mass is 206 g/mol. The highest BCUT2D eigenvalue weighted by molar-refractivity contribution is 5.06. The van der Waals surface area contributed by atoms with Crippen LogP contribution in [0.25, 0.3) is 0 Å². The van der Waals surface area contributed by atoms with E-state index in [0.29, 0.717) is 6.04 Å². The lowest BCUT2D eigenvalue weighted by molar-refractivity contribution is 0.194. The Balaban J connectivity index is 2.19. The fraction of sp³-hybridized carbons (Fsp3) is 0.636. The zero-order valence-electron chi connectivity index (χ0n) is 9.40. The molecule has 15 heavy (non-hydrogen) atoms. The van der Waals surface area contributed by atoms with Crippen LogP contribution in [0.4, 0.5) is 0 Å². The Morgan fingerprint density at radius 3 is 3.20 bits per heavy atom. The summed E-state index contributed by atoms with van der Waals surface area (Å²) in [6.45, 7) is 5.18. The van der Waals surface area contributed by atoms with Gasteiger partial charge in [-0.15, -0.1) is 0 Å². The lowest BCUT2D eigenvalue weighted by Crippen LogP contribution is -2.44. The van der Waals surface area contributed by atoms with E-state index in [0.717, 1.165) is 37.6 Å². The first kappa shape index (κ1) is 10.5. The summed E-state index contributed by atoms with van der Waals surface area (Å²) in [5, 5.41) is 3.38. The molecular formula is C11H18N4. The first-order valence-corrected chi connectivity index (χ1v) is 5.54. The van der Waals surface area contributed by atoms with Gasteiger partial charge in [-0.1, -0.05) is 6.92 Å². The van der Waals surface area contributed by atoms with E-state index in [-0.39, 0.29) is 0 Å². The zero-order valence-corrected chi connectivity index (χ0v) is 9.40. The number of nitrogens with one attached hydrogen (secondary N) is 1. The zero-order chi connectivity index (χ0) is 10.7. The Morgan fingerprint density at radius 2 is 2.47 bits per heavy atom. The molecule has 1 saturated heterocycles. The van der Waals surface area contributed by atoms with E-state index >= 15 is 0 Å². The second-order valence-corrected chi connectivity index (χ2v) is 3.96. The van der Waals surface area contributed by atoms with Crippen molar-refractivity contribution in [2.45, 2.75) is 19.4 Å². The minimum absolute atomic E-state index is 0.324. The van der Waals surface area contributed by atoms with Crippen molar-refractivity contribution < 1.29 is 0 Å². The van der Waals surface area contributed by atoms with Crippen LogP contribution in [0.15, 0.2) is 12.3 Å². The van der Waals surface area contributed by atoms with Crippen LogP contribution in [-0.2, 0) is 6.42 Å². The van der Waals surface area contributed by atoms with Gasteiger partial charge in [0.05, 0.1) is 6.04 Å². The topological polar surface area (TPSA) is 41.1 Å². The van der Waals surface area contributed by atoms with Crippen molar-refractivity contribution in [2.75, 3.05) is 26.7 Å². The molecule has 82 valence electrons. The molecule has 1 fully saturated rings. The smallest absolute Gasteiger partial charge is 0.146 e. The molecule has 0 spiro atoms. The van der Waals surface area contributed by atoms with Crippen LogP contribution >= 0.6 is 0 Å². The fourth-order valence-corrected chi connectivity index (χ4v) is 1.86. The number of likely N-dealkylation sites (N-methyl/N-ethyl adjacent to an activating group) is 1. The van der Waals surface area contributed by atoms with Gasteiger partial charge in [-0.3, -0.25) is 4.90 Å². The molecule has 1 unspecified atom stereocenters. The summed E-state index contributed by atoms with van der Waals surface area (Å²) in [5.74, 6) is 0.948. The summed E-state index contributed by atoms with van der Waals surface area (Å²) in [7, 11) is 2.13. The molecule has 0 amide bonds. The average molecular weight is 206 g/mol. The molecule has 0 aliphatic carbocycles. The highest BCUT2D eigenvalue weighted by Crippen LogP contribution is 2.16. The van der Waals surface area contributed by atoms with E-state index in [1.807, 2.05) is 12.3 Å². The minimum atomic E-state index is 0.324. The molecule has 1 aliphatic heterocycles. The van der Waals surface area contributed by atoms with Crippen molar-refractivity contribution in [1.29, 1.82) is 0 Å². The molecular weight excluding hydrogens is 188 g/mol. The van der Waals surface area contributed by atoms with Crippen LogP contribution < -0.4 is 5.32 Å². The molecule has 0 radical (unpaired) electrons. The third-order valence-electron chi connectivity index (χ3n) is 2.90. The van der Waals surface area contributed by atoms with Gasteiger partial charge in [-0.25, -0.2) is 9.97 Å². The number of rotatable bonds is 2. The summed E-state index contributed by atoms with van der Waals surface area (Å²) in [4.78, 5) is 11.3. The Kier molecular flexibility index (Phi) is 3.28. The molecule has 0 saturated carbocycles. The first-order valence-electron chi connectivity index (χ1n) is 5.54. The maximum absolute atomic E-state index is 4.57. The fourth-order valence-electron chi connectivity index (χ4n) is 1.86. The summed E-state index contributed by atoms with van der Waals surface area (Å²) in [6, 6.07) is 2.31. The number of hydrogen-bond donors (Lipinski definition) is 1. The summed E-state index contributed by atoms with van der Waals surface area (Å²) in [6.07, 6.45) is 2.84. The third-order valence-corrected chi connectivity index (χ3v) is 2.90. The number of aromatic nitrogens is 2. The van der Waals surface area contributed by atoms with Crippen LogP contribution in [0.2, 0.25) is 0 Å². The van der Waals surface area contributed by atoms with Crippen molar-refractivity contribution in [2.24, 2.45) is 0 Å². The van der Waals surface area contributed by atoms with Crippen LogP contribution in [0.5, 0.6) is 0 Å². The third kappa shape index (κ3) is 2.33. The lowest BCUT2D eigenvalue weighted by Gasteiger charge is -2.31. The first-order chi connectivity index (χ1) is 7.31. The number of nitrogens with zero attached hydrogens (tertiary/aromatic N) is 3. The lowest BCUT2D eigenvalue weighted by atomic mass is 10.2. The summed E-state index contributed by atoms with van der Waals surface area (Å²) in [5.41, 5.74) is 1.12. The SMILES string of the molecule is CCc1ccnc(C2CNCCN2C)n1. The number of piperazine rings is 1. The van der Waals surface area contributed by atoms with Crippen LogP contribution in [0, 0.1) is 0 Å². The second-order valence-electron chi connectivity index (χ2n) is 3.96. The maximum atomic E-state index is 4.57. The predicted octanol–water partition coefficient (Wildman–Crippen LogP) is 0.615. The van der Waals surface area contributed by atoms with E-state index in [2.05, 4.69) is 34.2 Å². The highest BCUT2D eigenvalue weighted by Gasteiger charge is 2.22. The molecule has 0 aromatic carbocycles. The van der Waals surface area contributed by atoms with Crippen molar-refractivity contribution in [3.63, 3.8) is 0 Å². The normalized spacial score (nSPS) is 22.9. The van der Waals surface area contributed by atoms with Crippen molar-refractivity contribution >= 4 is 0 Å². The van der Waals surface area contributed by atoms with Gasteiger partial charge < -0.3 is 5.32 Å². The van der Waals surface area contributed by atoms with Gasteiger partial charge in [-0.05, 0) is 19.5 Å². The molecule has 1 atom stereocenters. The van der Waals surface area contributed by atoms with E-state index in [9.17, 15) is 0 Å². The van der Waals surface area contributed by atoms with E-state index < -0.39 is 0 Å². The molecule has 4 heteroatoms. The molecule has 1 aromatic rings. The van der Waals surface area contributed by atoms with Gasteiger partial charge in [-0.2, -0.15) is 0 Å². The summed E-state index contributed by atoms with van der Waals surface area (Å²) < 4.78 is 0. The van der Waals surface area contributed by atoms with Crippen LogP contribution in [-0.4, -0.2) is 41.5 Å². The quantitative estimate of drug-likeness (QED) is 0.770.